The molecule has 1 aromatic carbocycles. The van der Waals surface area contributed by atoms with Crippen molar-refractivity contribution in [3.05, 3.63) is 64.9 Å². The zero-order valence-corrected chi connectivity index (χ0v) is 20.3. The fourth-order valence-corrected chi connectivity index (χ4v) is 5.15. The van der Waals surface area contributed by atoms with Crippen molar-refractivity contribution in [1.29, 1.82) is 0 Å². The summed E-state index contributed by atoms with van der Waals surface area (Å²) in [4.78, 5) is 9.15. The number of pyridine rings is 1. The Morgan fingerprint density at radius 1 is 0.935 bits per heavy atom. The minimum absolute atomic E-state index is 0. The molecule has 1 unspecified atom stereocenters. The quantitative estimate of drug-likeness (QED) is 0.611. The lowest BCUT2D eigenvalue weighted by atomic mass is 9.72. The number of aromatic nitrogens is 1. The minimum atomic E-state index is -0.614. The predicted octanol–water partition coefficient (Wildman–Crippen LogP) is 5.18. The molecule has 1 aliphatic carbocycles. The normalized spacial score (nSPS) is 20.3. The molecule has 1 saturated carbocycles. The van der Waals surface area contributed by atoms with Gasteiger partial charge in [-0.1, -0.05) is 43.0 Å². The monoisotopic (exact) mass is 485 g/mol. The maximum absolute atomic E-state index is 11.6. The van der Waals surface area contributed by atoms with E-state index >= 15 is 0 Å². The van der Waals surface area contributed by atoms with Crippen LogP contribution in [0.25, 0.3) is 0 Å². The molecular weight excluding hydrogens is 453 g/mol. The van der Waals surface area contributed by atoms with Gasteiger partial charge in [0.1, 0.15) is 0 Å². The Bertz CT molecular complexity index is 779. The molecule has 4 rings (SSSR count). The SMILES string of the molecule is Cl.Cl.OC1(C(CN2CCN(Cc3ccncc3)CC2)c2cccc(Cl)c2)CCCCC1. The summed E-state index contributed by atoms with van der Waals surface area (Å²) in [6, 6.07) is 12.3. The summed E-state index contributed by atoms with van der Waals surface area (Å²) in [5.74, 6) is 0.119. The third kappa shape index (κ3) is 7.05. The molecule has 0 radical (unpaired) electrons. The van der Waals surface area contributed by atoms with Gasteiger partial charge in [-0.2, -0.15) is 0 Å². The van der Waals surface area contributed by atoms with Gasteiger partial charge in [0.05, 0.1) is 5.60 Å². The molecule has 7 heteroatoms. The van der Waals surface area contributed by atoms with E-state index in [2.05, 4.69) is 39.0 Å². The fraction of sp³-hybridized carbons (Fsp3) is 0.542. The molecule has 172 valence electrons. The van der Waals surface area contributed by atoms with E-state index in [1.807, 2.05) is 24.5 Å². The van der Waals surface area contributed by atoms with Crippen LogP contribution < -0.4 is 0 Å². The summed E-state index contributed by atoms with van der Waals surface area (Å²) in [7, 11) is 0. The van der Waals surface area contributed by atoms with Crippen LogP contribution in [-0.4, -0.2) is 58.2 Å². The Hall–Kier alpha value is -0.880. The molecule has 0 amide bonds. The molecule has 0 spiro atoms. The van der Waals surface area contributed by atoms with Crippen LogP contribution in [0, 0.1) is 0 Å². The lowest BCUT2D eigenvalue weighted by molar-refractivity contribution is -0.0344. The van der Waals surface area contributed by atoms with E-state index in [-0.39, 0.29) is 30.7 Å². The molecule has 1 N–H and O–H groups in total. The second-order valence-electron chi connectivity index (χ2n) is 8.70. The van der Waals surface area contributed by atoms with E-state index in [0.29, 0.717) is 0 Å². The van der Waals surface area contributed by atoms with Gasteiger partial charge in [-0.15, -0.1) is 24.8 Å². The smallest absolute Gasteiger partial charge is 0.0728 e. The van der Waals surface area contributed by atoms with Crippen LogP contribution in [-0.2, 0) is 6.54 Å². The van der Waals surface area contributed by atoms with Crippen LogP contribution in [0.5, 0.6) is 0 Å². The van der Waals surface area contributed by atoms with Crippen LogP contribution in [0.2, 0.25) is 5.02 Å². The van der Waals surface area contributed by atoms with Crippen LogP contribution in [0.15, 0.2) is 48.8 Å². The van der Waals surface area contributed by atoms with Crippen LogP contribution in [0.4, 0.5) is 0 Å². The van der Waals surface area contributed by atoms with Crippen molar-refractivity contribution in [3.63, 3.8) is 0 Å². The lowest BCUT2D eigenvalue weighted by Gasteiger charge is -2.43. The predicted molar refractivity (Wildman–Crippen MR) is 133 cm³/mol. The largest absolute Gasteiger partial charge is 0.389 e. The molecule has 0 bridgehead atoms. The Morgan fingerprint density at radius 3 is 2.23 bits per heavy atom. The van der Waals surface area contributed by atoms with E-state index in [4.69, 9.17) is 11.6 Å². The molecule has 1 aromatic heterocycles. The molecule has 2 aliphatic rings. The number of rotatable bonds is 6. The number of hydrogen-bond donors (Lipinski definition) is 1. The number of benzene rings is 1. The summed E-state index contributed by atoms with van der Waals surface area (Å²) in [6.07, 6.45) is 9.00. The van der Waals surface area contributed by atoms with Crippen LogP contribution in [0.3, 0.4) is 0 Å². The Morgan fingerprint density at radius 2 is 1.58 bits per heavy atom. The number of halogens is 3. The van der Waals surface area contributed by atoms with Crippen molar-refractivity contribution in [2.75, 3.05) is 32.7 Å². The van der Waals surface area contributed by atoms with Crippen molar-refractivity contribution < 1.29 is 5.11 Å². The second kappa shape index (κ2) is 12.4. The second-order valence-corrected chi connectivity index (χ2v) is 9.14. The molecule has 2 fully saturated rings. The topological polar surface area (TPSA) is 39.6 Å². The zero-order chi connectivity index (χ0) is 20.1. The lowest BCUT2D eigenvalue weighted by Crippen LogP contribution is -2.50. The van der Waals surface area contributed by atoms with Gasteiger partial charge < -0.3 is 10.0 Å². The first-order valence-corrected chi connectivity index (χ1v) is 11.3. The summed E-state index contributed by atoms with van der Waals surface area (Å²) < 4.78 is 0. The first-order valence-electron chi connectivity index (χ1n) is 10.9. The first kappa shape index (κ1) is 26.4. The standard InChI is InChI=1S/C24H32ClN3O.2ClH/c25-22-6-4-5-21(17-22)23(24(29)9-2-1-3-10-24)19-28-15-13-27(14-16-28)18-20-7-11-26-12-8-20;;/h4-8,11-12,17,23,29H,1-3,9-10,13-16,18-19H2;2*1H. The van der Waals surface area contributed by atoms with Gasteiger partial charge in [0.25, 0.3) is 0 Å². The average molecular weight is 487 g/mol. The molecule has 4 nitrogen and oxygen atoms in total. The summed E-state index contributed by atoms with van der Waals surface area (Å²) in [6.45, 7) is 6.08. The van der Waals surface area contributed by atoms with E-state index in [9.17, 15) is 5.11 Å². The maximum atomic E-state index is 11.6. The van der Waals surface area contributed by atoms with Gasteiger partial charge >= 0.3 is 0 Å². The maximum Gasteiger partial charge on any atom is 0.0728 e. The third-order valence-electron chi connectivity index (χ3n) is 6.68. The van der Waals surface area contributed by atoms with Gasteiger partial charge in [-0.25, -0.2) is 0 Å². The highest BCUT2D eigenvalue weighted by Gasteiger charge is 2.40. The number of hydrogen-bond acceptors (Lipinski definition) is 4. The van der Waals surface area contributed by atoms with Crippen LogP contribution >= 0.6 is 36.4 Å². The minimum Gasteiger partial charge on any atom is -0.389 e. The van der Waals surface area contributed by atoms with E-state index < -0.39 is 5.60 Å². The average Bonchev–Trinajstić information content (AvgIpc) is 2.74. The van der Waals surface area contributed by atoms with Gasteiger partial charge in [0, 0.05) is 62.6 Å². The van der Waals surface area contributed by atoms with Crippen molar-refractivity contribution in [1.82, 2.24) is 14.8 Å². The van der Waals surface area contributed by atoms with Gasteiger partial charge in [-0.05, 0) is 48.2 Å². The molecule has 2 aromatic rings. The summed E-state index contributed by atoms with van der Waals surface area (Å²) in [5, 5.41) is 12.3. The summed E-state index contributed by atoms with van der Waals surface area (Å²) >= 11 is 6.31. The first-order chi connectivity index (χ1) is 14.1. The molecule has 1 aliphatic heterocycles. The zero-order valence-electron chi connectivity index (χ0n) is 18.0. The molecule has 31 heavy (non-hydrogen) atoms. The van der Waals surface area contributed by atoms with E-state index in [0.717, 1.165) is 70.0 Å². The van der Waals surface area contributed by atoms with Gasteiger partial charge in [0.15, 0.2) is 0 Å². The number of aliphatic hydroxyl groups is 1. The van der Waals surface area contributed by atoms with Crippen LogP contribution in [0.1, 0.15) is 49.1 Å². The van der Waals surface area contributed by atoms with Gasteiger partial charge in [-0.3, -0.25) is 9.88 Å². The van der Waals surface area contributed by atoms with Crippen molar-refractivity contribution in [2.45, 2.75) is 50.2 Å². The van der Waals surface area contributed by atoms with E-state index in [1.165, 1.54) is 17.5 Å². The molecular formula is C24H34Cl3N3O. The fourth-order valence-electron chi connectivity index (χ4n) is 4.96. The number of piperazine rings is 1. The Kier molecular flexibility index (Phi) is 10.5. The molecule has 2 heterocycles. The highest BCUT2D eigenvalue weighted by Crippen LogP contribution is 2.41. The third-order valence-corrected chi connectivity index (χ3v) is 6.92. The molecule has 1 saturated heterocycles. The van der Waals surface area contributed by atoms with Crippen molar-refractivity contribution >= 4 is 36.4 Å². The highest BCUT2D eigenvalue weighted by atomic mass is 35.5. The van der Waals surface area contributed by atoms with Gasteiger partial charge in [0.2, 0.25) is 0 Å². The Labute approximate surface area is 203 Å². The van der Waals surface area contributed by atoms with E-state index in [1.54, 1.807) is 0 Å². The Balaban J connectivity index is 0.00000171. The molecule has 1 atom stereocenters. The summed E-state index contributed by atoms with van der Waals surface area (Å²) in [5.41, 5.74) is 1.89. The van der Waals surface area contributed by atoms with Crippen molar-refractivity contribution in [2.24, 2.45) is 0 Å². The number of nitrogens with zero attached hydrogens (tertiary/aromatic N) is 3. The highest BCUT2D eigenvalue weighted by molar-refractivity contribution is 6.30. The van der Waals surface area contributed by atoms with Crippen molar-refractivity contribution in [3.8, 4) is 0 Å².